The minimum atomic E-state index is -0.141. The highest BCUT2D eigenvalue weighted by atomic mass is 35.5. The number of aromatic nitrogens is 2. The second-order valence-electron chi connectivity index (χ2n) is 7.16. The minimum absolute atomic E-state index is 0.0474. The van der Waals surface area contributed by atoms with Crippen molar-refractivity contribution in [2.45, 2.75) is 31.6 Å². The van der Waals surface area contributed by atoms with Gasteiger partial charge in [-0.05, 0) is 43.2 Å². The Morgan fingerprint density at radius 2 is 2.00 bits per heavy atom. The Labute approximate surface area is 161 Å². The lowest BCUT2D eigenvalue weighted by atomic mass is 9.73. The van der Waals surface area contributed by atoms with E-state index >= 15 is 0 Å². The summed E-state index contributed by atoms with van der Waals surface area (Å²) >= 11 is 6.08. The summed E-state index contributed by atoms with van der Waals surface area (Å²) in [6.45, 7) is 1.99. The van der Waals surface area contributed by atoms with E-state index in [4.69, 9.17) is 16.0 Å². The molecule has 0 spiro atoms. The number of H-pyrrole nitrogens is 1. The topological polar surface area (TPSA) is 70.9 Å². The van der Waals surface area contributed by atoms with Crippen molar-refractivity contribution in [1.29, 1.82) is 0 Å². The number of hydrogen-bond donors (Lipinski definition) is 2. The maximum Gasteiger partial charge on any atom is 0.162 e. The number of benzene rings is 1. The average molecular weight is 380 g/mol. The lowest BCUT2D eigenvalue weighted by Gasteiger charge is -2.34. The van der Waals surface area contributed by atoms with Crippen molar-refractivity contribution in [2.24, 2.45) is 0 Å². The van der Waals surface area contributed by atoms with E-state index in [1.165, 1.54) is 0 Å². The van der Waals surface area contributed by atoms with Crippen LogP contribution in [0.4, 0.5) is 5.82 Å². The average Bonchev–Trinajstić information content (AvgIpc) is 3.31. The maximum atomic E-state index is 13.2. The number of carbonyl (C=O) groups is 1. The van der Waals surface area contributed by atoms with Gasteiger partial charge in [-0.1, -0.05) is 23.7 Å². The van der Waals surface area contributed by atoms with Crippen molar-refractivity contribution in [3.8, 4) is 0 Å². The molecule has 2 aliphatic rings. The number of aromatic amines is 1. The zero-order valence-corrected chi connectivity index (χ0v) is 15.5. The van der Waals surface area contributed by atoms with Gasteiger partial charge in [0.25, 0.3) is 0 Å². The summed E-state index contributed by atoms with van der Waals surface area (Å²) in [5.41, 5.74) is 4.80. The first-order chi connectivity index (χ1) is 13.1. The molecule has 3 aromatic rings. The largest absolute Gasteiger partial charge is 0.469 e. The van der Waals surface area contributed by atoms with Crippen LogP contribution in [-0.4, -0.2) is 16.0 Å². The quantitative estimate of drug-likeness (QED) is 0.662. The molecule has 6 heteroatoms. The number of aryl methyl sites for hydroxylation is 1. The zero-order valence-electron chi connectivity index (χ0n) is 14.8. The Balaban J connectivity index is 1.64. The van der Waals surface area contributed by atoms with Gasteiger partial charge in [-0.2, -0.15) is 5.10 Å². The predicted molar refractivity (Wildman–Crippen MR) is 103 cm³/mol. The summed E-state index contributed by atoms with van der Waals surface area (Å²) in [7, 11) is 0. The van der Waals surface area contributed by atoms with Crippen LogP contribution in [0.15, 0.2) is 58.3 Å². The first-order valence-corrected chi connectivity index (χ1v) is 9.36. The highest BCUT2D eigenvalue weighted by Gasteiger charge is 2.40. The summed E-state index contributed by atoms with van der Waals surface area (Å²) < 4.78 is 5.56. The number of allylic oxidation sites excluding steroid dienone is 2. The van der Waals surface area contributed by atoms with Crippen LogP contribution in [0.25, 0.3) is 0 Å². The second kappa shape index (κ2) is 6.13. The van der Waals surface area contributed by atoms with E-state index in [2.05, 4.69) is 15.5 Å². The number of hydrogen-bond acceptors (Lipinski definition) is 4. The molecule has 2 aromatic heterocycles. The summed E-state index contributed by atoms with van der Waals surface area (Å²) in [5.74, 6) is 1.70. The van der Waals surface area contributed by atoms with Crippen LogP contribution in [0.1, 0.15) is 47.3 Å². The normalized spacial score (nSPS) is 21.6. The zero-order chi connectivity index (χ0) is 18.5. The Morgan fingerprint density at radius 1 is 1.19 bits per heavy atom. The van der Waals surface area contributed by atoms with E-state index < -0.39 is 0 Å². The molecule has 0 radical (unpaired) electrons. The van der Waals surface area contributed by atoms with Crippen molar-refractivity contribution in [1.82, 2.24) is 10.2 Å². The number of carbonyl (C=O) groups excluding carboxylic acids is 1. The van der Waals surface area contributed by atoms with Crippen molar-refractivity contribution in [3.05, 3.63) is 81.5 Å². The van der Waals surface area contributed by atoms with Crippen molar-refractivity contribution in [3.63, 3.8) is 0 Å². The van der Waals surface area contributed by atoms with Crippen molar-refractivity contribution >= 4 is 23.2 Å². The van der Waals surface area contributed by atoms with Gasteiger partial charge in [0.1, 0.15) is 5.76 Å². The summed E-state index contributed by atoms with van der Waals surface area (Å²) in [6.07, 6.45) is 2.83. The molecule has 27 heavy (non-hydrogen) atoms. The molecule has 0 saturated carbocycles. The number of rotatable bonds is 2. The highest BCUT2D eigenvalue weighted by molar-refractivity contribution is 6.30. The van der Waals surface area contributed by atoms with E-state index in [1.54, 1.807) is 6.26 Å². The lowest BCUT2D eigenvalue weighted by Crippen LogP contribution is -2.29. The first kappa shape index (κ1) is 16.4. The SMILES string of the molecule is Cc1[nH]nc2c1[C@@H](c1ccc(Cl)cc1)C1=C(C[C@H](c3ccco3)CC1=O)N2. The third kappa shape index (κ3) is 2.61. The van der Waals surface area contributed by atoms with Crippen LogP contribution >= 0.6 is 11.6 Å². The van der Waals surface area contributed by atoms with Gasteiger partial charge in [0.2, 0.25) is 0 Å². The standard InChI is InChI=1S/C21H18ClN3O2/c1-11-18-19(12-4-6-14(22)7-5-12)20-15(23-21(18)25-24-11)9-13(10-16(20)26)17-3-2-8-27-17/h2-8,13,19H,9-10H2,1H3,(H2,23,24,25)/t13-,19+/m0/s1. The number of fused-ring (bicyclic) bond motifs is 1. The Bertz CT molecular complexity index is 1050. The third-order valence-electron chi connectivity index (χ3n) is 5.50. The molecule has 1 aromatic carbocycles. The number of nitrogens with zero attached hydrogens (tertiary/aromatic N) is 1. The molecule has 0 fully saturated rings. The van der Waals surface area contributed by atoms with Gasteiger partial charge in [-0.25, -0.2) is 0 Å². The molecule has 0 amide bonds. The van der Waals surface area contributed by atoms with Gasteiger partial charge < -0.3 is 9.73 Å². The Kier molecular flexibility index (Phi) is 3.72. The number of Topliss-reactive ketones (excluding diaryl/α,β-unsaturated/α-hetero) is 1. The summed E-state index contributed by atoms with van der Waals surface area (Å²) in [5, 5.41) is 11.6. The number of furan rings is 1. The number of nitrogens with one attached hydrogen (secondary N) is 2. The monoisotopic (exact) mass is 379 g/mol. The summed E-state index contributed by atoms with van der Waals surface area (Å²) in [4.78, 5) is 13.2. The highest BCUT2D eigenvalue weighted by Crippen LogP contribution is 2.48. The molecule has 5 nitrogen and oxygen atoms in total. The van der Waals surface area contributed by atoms with Crippen molar-refractivity contribution in [2.75, 3.05) is 5.32 Å². The molecule has 0 bridgehead atoms. The molecule has 2 N–H and O–H groups in total. The molecule has 136 valence electrons. The Hall–Kier alpha value is -2.79. The van der Waals surface area contributed by atoms with Crippen molar-refractivity contribution < 1.29 is 9.21 Å². The fraction of sp³-hybridized carbons (Fsp3) is 0.238. The molecule has 0 unspecified atom stereocenters. The van der Waals surface area contributed by atoms with Gasteiger partial charge in [0.05, 0.1) is 6.26 Å². The molecule has 0 saturated heterocycles. The molecular formula is C21H18ClN3O2. The fourth-order valence-corrected chi connectivity index (χ4v) is 4.40. The van der Waals surface area contributed by atoms with Crippen LogP contribution in [0.5, 0.6) is 0 Å². The van der Waals surface area contributed by atoms with E-state index in [-0.39, 0.29) is 17.6 Å². The third-order valence-corrected chi connectivity index (χ3v) is 5.75. The van der Waals surface area contributed by atoms with Crippen LogP contribution in [0, 0.1) is 6.92 Å². The number of anilines is 1. The van der Waals surface area contributed by atoms with Crippen LogP contribution in [0.2, 0.25) is 5.02 Å². The number of ketones is 1. The molecule has 3 heterocycles. The van der Waals surface area contributed by atoms with Crippen LogP contribution < -0.4 is 5.32 Å². The molecular weight excluding hydrogens is 362 g/mol. The van der Waals surface area contributed by atoms with Gasteiger partial charge in [-0.3, -0.25) is 9.89 Å². The van der Waals surface area contributed by atoms with E-state index in [0.29, 0.717) is 11.4 Å². The van der Waals surface area contributed by atoms with Crippen LogP contribution in [0.3, 0.4) is 0 Å². The molecule has 1 aliphatic carbocycles. The summed E-state index contributed by atoms with van der Waals surface area (Å²) in [6, 6.07) is 11.5. The van der Waals surface area contributed by atoms with Gasteiger partial charge in [-0.15, -0.1) is 0 Å². The molecule has 5 rings (SSSR count). The first-order valence-electron chi connectivity index (χ1n) is 8.99. The van der Waals surface area contributed by atoms with E-state index in [9.17, 15) is 4.79 Å². The number of halogens is 1. The maximum absolute atomic E-state index is 13.2. The van der Waals surface area contributed by atoms with Gasteiger partial charge >= 0.3 is 0 Å². The fourth-order valence-electron chi connectivity index (χ4n) is 4.27. The molecule has 1 aliphatic heterocycles. The lowest BCUT2D eigenvalue weighted by molar-refractivity contribution is -0.116. The van der Waals surface area contributed by atoms with Gasteiger partial charge in [0, 0.05) is 45.8 Å². The van der Waals surface area contributed by atoms with Gasteiger partial charge in [0.15, 0.2) is 11.6 Å². The van der Waals surface area contributed by atoms with E-state index in [1.807, 2.05) is 43.3 Å². The van der Waals surface area contributed by atoms with Crippen LogP contribution in [-0.2, 0) is 4.79 Å². The second-order valence-corrected chi connectivity index (χ2v) is 7.59. The Morgan fingerprint density at radius 3 is 2.74 bits per heavy atom. The minimum Gasteiger partial charge on any atom is -0.469 e. The predicted octanol–water partition coefficient (Wildman–Crippen LogP) is 4.92. The smallest absolute Gasteiger partial charge is 0.162 e. The van der Waals surface area contributed by atoms with E-state index in [0.717, 1.165) is 46.1 Å². The molecule has 2 atom stereocenters.